The van der Waals surface area contributed by atoms with E-state index in [1.165, 1.54) is 18.3 Å². The van der Waals surface area contributed by atoms with E-state index in [1.807, 2.05) is 0 Å². The third-order valence-corrected chi connectivity index (χ3v) is 2.38. The number of hydroxylamine groups is 1. The summed E-state index contributed by atoms with van der Waals surface area (Å²) >= 11 is 0. The van der Waals surface area contributed by atoms with Crippen molar-refractivity contribution < 1.29 is 14.8 Å². The number of nitrogens with two attached hydrogens (primary N) is 1. The van der Waals surface area contributed by atoms with Crippen molar-refractivity contribution in [2.24, 2.45) is 5.73 Å². The molecule has 2 amide bonds. The quantitative estimate of drug-likeness (QED) is 0.207. The zero-order valence-electron chi connectivity index (χ0n) is 10.4. The molecular formula is C11H23N3O3. The number of nitrogens with one attached hydrogen (secondary N) is 2. The van der Waals surface area contributed by atoms with Crippen molar-refractivity contribution in [3.05, 3.63) is 0 Å². The van der Waals surface area contributed by atoms with Crippen molar-refractivity contribution in [2.75, 3.05) is 0 Å². The third kappa shape index (κ3) is 9.77. The average Bonchev–Trinajstić information content (AvgIpc) is 2.28. The second-order valence-electron chi connectivity index (χ2n) is 4.08. The maximum absolute atomic E-state index is 11.4. The lowest BCUT2D eigenvalue weighted by Gasteiger charge is -2.12. The van der Waals surface area contributed by atoms with E-state index in [2.05, 4.69) is 12.2 Å². The molecule has 1 unspecified atom stereocenters. The molecule has 0 aliphatic rings. The van der Waals surface area contributed by atoms with E-state index < -0.39 is 12.1 Å². The highest BCUT2D eigenvalue weighted by atomic mass is 16.5. The Morgan fingerprint density at radius 1 is 1.18 bits per heavy atom. The van der Waals surface area contributed by atoms with Gasteiger partial charge in [-0.2, -0.15) is 0 Å². The summed E-state index contributed by atoms with van der Waals surface area (Å²) in [6, 6.07) is 0. The van der Waals surface area contributed by atoms with Crippen LogP contribution in [-0.4, -0.2) is 23.2 Å². The van der Waals surface area contributed by atoms with Gasteiger partial charge in [-0.1, -0.05) is 32.6 Å². The van der Waals surface area contributed by atoms with Crippen LogP contribution in [0.25, 0.3) is 0 Å². The first kappa shape index (κ1) is 15.9. The Labute approximate surface area is 102 Å². The summed E-state index contributed by atoms with van der Waals surface area (Å²) in [5.41, 5.74) is 6.96. The number of carbonyl (C=O) groups excluding carboxylic acids is 2. The van der Waals surface area contributed by atoms with Crippen LogP contribution in [0.15, 0.2) is 0 Å². The Hall–Kier alpha value is -1.14. The minimum Gasteiger partial charge on any atom is -0.340 e. The summed E-state index contributed by atoms with van der Waals surface area (Å²) in [6.07, 6.45) is 4.94. The smallest absolute Gasteiger partial charge is 0.246 e. The van der Waals surface area contributed by atoms with Crippen LogP contribution in [0.4, 0.5) is 0 Å². The van der Waals surface area contributed by atoms with Gasteiger partial charge in [-0.25, -0.2) is 5.48 Å². The van der Waals surface area contributed by atoms with Crippen molar-refractivity contribution in [1.82, 2.24) is 10.8 Å². The summed E-state index contributed by atoms with van der Waals surface area (Å²) in [5.74, 6) is -0.763. The molecule has 0 aromatic carbocycles. The molecule has 0 aliphatic heterocycles. The Kier molecular flexibility index (Phi) is 9.37. The van der Waals surface area contributed by atoms with Crippen molar-refractivity contribution in [2.45, 2.75) is 58.0 Å². The molecule has 6 heteroatoms. The van der Waals surface area contributed by atoms with Crippen molar-refractivity contribution in [3.63, 3.8) is 0 Å². The molecule has 0 aliphatic carbocycles. The number of amides is 2. The van der Waals surface area contributed by atoms with Crippen LogP contribution in [0, 0.1) is 0 Å². The molecule has 100 valence electrons. The first-order valence-electron chi connectivity index (χ1n) is 6.08. The van der Waals surface area contributed by atoms with E-state index in [1.54, 1.807) is 0 Å². The lowest BCUT2D eigenvalue weighted by Crippen LogP contribution is -2.44. The topological polar surface area (TPSA) is 104 Å². The number of carbonyl (C=O) groups is 2. The van der Waals surface area contributed by atoms with Gasteiger partial charge in [0.1, 0.15) is 0 Å². The second-order valence-corrected chi connectivity index (χ2v) is 4.08. The number of hydrogen-bond donors (Lipinski definition) is 4. The predicted octanol–water partition coefficient (Wildman–Crippen LogP) is 0.643. The summed E-state index contributed by atoms with van der Waals surface area (Å²) < 4.78 is 0. The van der Waals surface area contributed by atoms with Gasteiger partial charge in [-0.05, 0) is 6.42 Å². The van der Waals surface area contributed by atoms with Crippen LogP contribution in [0.2, 0.25) is 0 Å². The molecule has 0 heterocycles. The molecule has 5 N–H and O–H groups in total. The average molecular weight is 245 g/mol. The van der Waals surface area contributed by atoms with E-state index in [0.29, 0.717) is 6.42 Å². The van der Waals surface area contributed by atoms with Gasteiger partial charge in [0, 0.05) is 6.42 Å². The van der Waals surface area contributed by atoms with Crippen molar-refractivity contribution in [3.8, 4) is 0 Å². The fraction of sp³-hybridized carbons (Fsp3) is 0.818. The second kappa shape index (κ2) is 10.0. The molecule has 0 radical (unpaired) electrons. The van der Waals surface area contributed by atoms with E-state index in [-0.39, 0.29) is 12.3 Å². The van der Waals surface area contributed by atoms with Crippen LogP contribution in [-0.2, 0) is 9.59 Å². The number of unbranched alkanes of at least 4 members (excludes halogenated alkanes) is 4. The summed E-state index contributed by atoms with van der Waals surface area (Å²) in [5, 5.41) is 10.8. The van der Waals surface area contributed by atoms with Gasteiger partial charge >= 0.3 is 0 Å². The Morgan fingerprint density at radius 2 is 1.82 bits per heavy atom. The Bertz CT molecular complexity index is 234. The SMILES string of the molecule is CCCCCCCC(=O)NC(N)CC(=O)NO. The monoisotopic (exact) mass is 245 g/mol. The van der Waals surface area contributed by atoms with Crippen LogP contribution in [0.3, 0.4) is 0 Å². The molecule has 0 aromatic rings. The molecule has 17 heavy (non-hydrogen) atoms. The third-order valence-electron chi connectivity index (χ3n) is 2.38. The number of hydrogen-bond acceptors (Lipinski definition) is 4. The van der Waals surface area contributed by atoms with E-state index in [0.717, 1.165) is 19.3 Å². The van der Waals surface area contributed by atoms with Crippen molar-refractivity contribution in [1.29, 1.82) is 0 Å². The van der Waals surface area contributed by atoms with E-state index >= 15 is 0 Å². The minimum atomic E-state index is -0.745. The van der Waals surface area contributed by atoms with Crippen LogP contribution < -0.4 is 16.5 Å². The predicted molar refractivity (Wildman–Crippen MR) is 64.0 cm³/mol. The number of rotatable bonds is 9. The van der Waals surface area contributed by atoms with Crippen LogP contribution in [0.1, 0.15) is 51.9 Å². The minimum absolute atomic E-state index is 0.127. The summed E-state index contributed by atoms with van der Waals surface area (Å²) in [4.78, 5) is 22.1. The normalized spacial score (nSPS) is 11.9. The first-order valence-corrected chi connectivity index (χ1v) is 6.08. The largest absolute Gasteiger partial charge is 0.340 e. The zero-order chi connectivity index (χ0) is 13.1. The standard InChI is InChI=1S/C11H23N3O3/c1-2-3-4-5-6-7-10(15)13-9(12)8-11(16)14-17/h9,17H,2-8,12H2,1H3,(H,13,15)(H,14,16). The molecule has 0 fully saturated rings. The molecule has 0 saturated heterocycles. The maximum atomic E-state index is 11.4. The van der Waals surface area contributed by atoms with Crippen molar-refractivity contribution >= 4 is 11.8 Å². The molecule has 0 saturated carbocycles. The molecule has 0 rings (SSSR count). The van der Waals surface area contributed by atoms with E-state index in [9.17, 15) is 9.59 Å². The molecule has 0 bridgehead atoms. The van der Waals surface area contributed by atoms with Gasteiger partial charge < -0.3 is 11.1 Å². The van der Waals surface area contributed by atoms with Gasteiger partial charge in [0.05, 0.1) is 12.6 Å². The van der Waals surface area contributed by atoms with E-state index in [4.69, 9.17) is 10.9 Å². The Balaban J connectivity index is 3.53. The van der Waals surface area contributed by atoms with Gasteiger partial charge in [-0.3, -0.25) is 14.8 Å². The fourth-order valence-corrected chi connectivity index (χ4v) is 1.46. The van der Waals surface area contributed by atoms with Gasteiger partial charge in [0.25, 0.3) is 0 Å². The first-order chi connectivity index (χ1) is 8.10. The summed E-state index contributed by atoms with van der Waals surface area (Å²) in [7, 11) is 0. The fourth-order valence-electron chi connectivity index (χ4n) is 1.46. The zero-order valence-corrected chi connectivity index (χ0v) is 10.4. The molecule has 6 nitrogen and oxygen atoms in total. The van der Waals surface area contributed by atoms with Gasteiger partial charge in [0.15, 0.2) is 0 Å². The lowest BCUT2D eigenvalue weighted by molar-refractivity contribution is -0.130. The van der Waals surface area contributed by atoms with Crippen LogP contribution >= 0.6 is 0 Å². The highest BCUT2D eigenvalue weighted by Crippen LogP contribution is 2.04. The Morgan fingerprint density at radius 3 is 2.41 bits per heavy atom. The molecule has 0 spiro atoms. The van der Waals surface area contributed by atoms with Crippen LogP contribution in [0.5, 0.6) is 0 Å². The molecular weight excluding hydrogens is 222 g/mol. The van der Waals surface area contributed by atoms with Gasteiger partial charge in [-0.15, -0.1) is 0 Å². The molecule has 1 atom stereocenters. The maximum Gasteiger partial charge on any atom is 0.246 e. The summed E-state index contributed by atoms with van der Waals surface area (Å²) in [6.45, 7) is 2.14. The van der Waals surface area contributed by atoms with Gasteiger partial charge in [0.2, 0.25) is 11.8 Å². The highest BCUT2D eigenvalue weighted by molar-refractivity contribution is 5.78. The molecule has 0 aromatic heterocycles. The highest BCUT2D eigenvalue weighted by Gasteiger charge is 2.11. The lowest BCUT2D eigenvalue weighted by atomic mass is 10.1.